The van der Waals surface area contributed by atoms with Crippen LogP contribution in [0.5, 0.6) is 0 Å². The van der Waals surface area contributed by atoms with Crippen LogP contribution in [-0.4, -0.2) is 59.4 Å². The maximum atomic E-state index is 11.6. The fraction of sp³-hybridized carbons (Fsp3) is 0.750. The van der Waals surface area contributed by atoms with E-state index in [1.165, 1.54) is 0 Å². The summed E-state index contributed by atoms with van der Waals surface area (Å²) in [6.07, 6.45) is 17.3. The topological polar surface area (TPSA) is 85.2 Å². The summed E-state index contributed by atoms with van der Waals surface area (Å²) >= 11 is 6.80. The Hall–Kier alpha value is -1.18. The Morgan fingerprint density at radius 1 is 1.23 bits per heavy atom. The smallest absolute Gasteiger partial charge is 0.306 e. The number of carbonyl (C=O) groups excluding carboxylic acids is 1. The third-order valence-electron chi connectivity index (χ3n) is 6.68. The number of hydrogen-bond donors (Lipinski definition) is 2. The second kappa shape index (κ2) is 17.3. The van der Waals surface area contributed by atoms with Crippen molar-refractivity contribution in [1.29, 1.82) is 0 Å². The summed E-state index contributed by atoms with van der Waals surface area (Å²) in [5.41, 5.74) is 0. The summed E-state index contributed by atoms with van der Waals surface area (Å²) in [6.45, 7) is 6.30. The minimum atomic E-state index is -0.549. The van der Waals surface area contributed by atoms with Crippen LogP contribution in [0.1, 0.15) is 77.6 Å². The highest BCUT2D eigenvalue weighted by Gasteiger charge is 2.42. The molecule has 6 nitrogen and oxygen atoms in total. The number of aliphatic hydroxyl groups is 2. The Labute approximate surface area is 216 Å². The van der Waals surface area contributed by atoms with Gasteiger partial charge in [-0.2, -0.15) is 0 Å². The summed E-state index contributed by atoms with van der Waals surface area (Å²) in [5.74, 6) is 0.0880. The summed E-state index contributed by atoms with van der Waals surface area (Å²) in [4.78, 5) is 11.6. The Balaban J connectivity index is 1.91. The van der Waals surface area contributed by atoms with Crippen LogP contribution in [-0.2, 0) is 19.0 Å². The van der Waals surface area contributed by atoms with Gasteiger partial charge in [0.15, 0.2) is 6.29 Å². The zero-order valence-electron chi connectivity index (χ0n) is 21.2. The monoisotopic (exact) mass is 512 g/mol. The van der Waals surface area contributed by atoms with E-state index in [9.17, 15) is 15.0 Å². The van der Waals surface area contributed by atoms with E-state index < -0.39 is 6.10 Å². The van der Waals surface area contributed by atoms with Gasteiger partial charge < -0.3 is 24.4 Å². The molecule has 1 unspecified atom stereocenters. The lowest BCUT2D eigenvalue weighted by Crippen LogP contribution is -2.30. The number of esters is 1. The van der Waals surface area contributed by atoms with Gasteiger partial charge >= 0.3 is 5.97 Å². The van der Waals surface area contributed by atoms with Crippen LogP contribution in [0, 0.1) is 11.8 Å². The zero-order valence-corrected chi connectivity index (χ0v) is 22.0. The number of alkyl halides is 1. The summed E-state index contributed by atoms with van der Waals surface area (Å²) in [5, 5.41) is 19.9. The molecule has 7 atom stereocenters. The molecule has 0 aromatic rings. The van der Waals surface area contributed by atoms with Gasteiger partial charge in [0.05, 0.1) is 18.3 Å². The SMILES string of the molecule is C=CCOC(=O)CCC/C=C\C[C@@H]1[C@@H](/C=C/[C@@H](O)CCC[C@@H](C)O)[C@H](OC2CCCCO2)C[C@H]1Cl. The van der Waals surface area contributed by atoms with Crippen molar-refractivity contribution >= 4 is 17.6 Å². The maximum absolute atomic E-state index is 11.6. The third-order valence-corrected chi connectivity index (χ3v) is 7.18. The molecule has 1 saturated heterocycles. The summed E-state index contributed by atoms with van der Waals surface area (Å²) in [6, 6.07) is 0. The molecule has 0 spiro atoms. The van der Waals surface area contributed by atoms with Crippen LogP contribution in [0.15, 0.2) is 37.0 Å². The predicted molar refractivity (Wildman–Crippen MR) is 139 cm³/mol. The molecule has 35 heavy (non-hydrogen) atoms. The molecule has 2 aliphatic rings. The van der Waals surface area contributed by atoms with Gasteiger partial charge in [-0.05, 0) is 77.0 Å². The first-order valence-corrected chi connectivity index (χ1v) is 13.7. The fourth-order valence-corrected chi connectivity index (χ4v) is 5.18. The molecule has 0 aromatic carbocycles. The molecule has 1 aliphatic heterocycles. The molecule has 7 heteroatoms. The Morgan fingerprint density at radius 3 is 2.77 bits per heavy atom. The highest BCUT2D eigenvalue weighted by atomic mass is 35.5. The van der Waals surface area contributed by atoms with Gasteiger partial charge in [0.1, 0.15) is 6.61 Å². The largest absolute Gasteiger partial charge is 0.461 e. The van der Waals surface area contributed by atoms with E-state index in [1.54, 1.807) is 13.0 Å². The first-order chi connectivity index (χ1) is 16.9. The molecule has 200 valence electrons. The van der Waals surface area contributed by atoms with Crippen molar-refractivity contribution in [3.63, 3.8) is 0 Å². The van der Waals surface area contributed by atoms with Gasteiger partial charge in [-0.1, -0.05) is 37.0 Å². The van der Waals surface area contributed by atoms with Crippen LogP contribution in [0.25, 0.3) is 0 Å². The first kappa shape index (κ1) is 30.0. The second-order valence-corrected chi connectivity index (χ2v) is 10.3. The minimum absolute atomic E-state index is 0.0239. The van der Waals surface area contributed by atoms with Crippen LogP contribution < -0.4 is 0 Å². The number of unbranched alkanes of at least 4 members (excludes halogenated alkanes) is 1. The number of aliphatic hydroxyl groups excluding tert-OH is 2. The second-order valence-electron chi connectivity index (χ2n) is 9.77. The first-order valence-electron chi connectivity index (χ1n) is 13.3. The van der Waals surface area contributed by atoms with E-state index in [1.807, 2.05) is 6.08 Å². The van der Waals surface area contributed by atoms with Crippen molar-refractivity contribution in [1.82, 2.24) is 0 Å². The van der Waals surface area contributed by atoms with Crippen LogP contribution >= 0.6 is 11.6 Å². The molecule has 0 amide bonds. The van der Waals surface area contributed by atoms with Crippen molar-refractivity contribution in [3.05, 3.63) is 37.0 Å². The van der Waals surface area contributed by atoms with Gasteiger partial charge in [0.2, 0.25) is 0 Å². The molecular formula is C28H45ClO6. The molecule has 0 aromatic heterocycles. The van der Waals surface area contributed by atoms with Crippen molar-refractivity contribution in [2.75, 3.05) is 13.2 Å². The lowest BCUT2D eigenvalue weighted by Gasteiger charge is -2.29. The highest BCUT2D eigenvalue weighted by Crippen LogP contribution is 2.42. The average Bonchev–Trinajstić information content (AvgIpc) is 3.12. The quantitative estimate of drug-likeness (QED) is 0.124. The zero-order chi connectivity index (χ0) is 25.5. The molecule has 1 aliphatic carbocycles. The standard InChI is InChI=1S/C28H45ClO6/c1-3-18-33-27(32)14-7-5-4-6-13-23-24(17-16-22(31)12-10-11-21(2)30)26(20-25(23)29)35-28-15-8-9-19-34-28/h3-4,6,16-17,21-26,28,30-31H,1,5,7-15,18-20H2,2H3/b6-4-,17-16+/t21-,22+,23-,24-,25-,26-,28?/m1/s1. The number of halogens is 1. The van der Waals surface area contributed by atoms with E-state index in [2.05, 4.69) is 24.8 Å². The molecule has 1 saturated carbocycles. The molecule has 0 radical (unpaired) electrons. The maximum Gasteiger partial charge on any atom is 0.306 e. The Kier molecular flexibility index (Phi) is 14.9. The van der Waals surface area contributed by atoms with E-state index in [0.29, 0.717) is 19.3 Å². The lowest BCUT2D eigenvalue weighted by atomic mass is 9.90. The van der Waals surface area contributed by atoms with E-state index in [4.69, 9.17) is 25.8 Å². The molecule has 1 heterocycles. The molecule has 2 N–H and O–H groups in total. The van der Waals surface area contributed by atoms with E-state index in [-0.39, 0.29) is 48.3 Å². The number of carbonyl (C=O) groups is 1. The van der Waals surface area contributed by atoms with Gasteiger partial charge in [-0.25, -0.2) is 0 Å². The molecule has 2 rings (SSSR count). The number of rotatable bonds is 16. The molecular weight excluding hydrogens is 468 g/mol. The van der Waals surface area contributed by atoms with Crippen LogP contribution in [0.2, 0.25) is 0 Å². The molecule has 2 fully saturated rings. The highest BCUT2D eigenvalue weighted by molar-refractivity contribution is 6.21. The van der Waals surface area contributed by atoms with Gasteiger partial charge in [0, 0.05) is 24.3 Å². The van der Waals surface area contributed by atoms with Crippen molar-refractivity contribution in [2.45, 2.75) is 108 Å². The van der Waals surface area contributed by atoms with Crippen molar-refractivity contribution in [3.8, 4) is 0 Å². The van der Waals surface area contributed by atoms with Crippen LogP contribution in [0.3, 0.4) is 0 Å². The van der Waals surface area contributed by atoms with Gasteiger partial charge in [0.25, 0.3) is 0 Å². The average molecular weight is 513 g/mol. The van der Waals surface area contributed by atoms with Crippen molar-refractivity contribution < 1.29 is 29.2 Å². The summed E-state index contributed by atoms with van der Waals surface area (Å²) < 4.78 is 17.2. The van der Waals surface area contributed by atoms with Gasteiger partial charge in [-0.15, -0.1) is 11.6 Å². The Morgan fingerprint density at radius 2 is 2.06 bits per heavy atom. The fourth-order valence-electron chi connectivity index (χ4n) is 4.74. The van der Waals surface area contributed by atoms with Crippen LogP contribution in [0.4, 0.5) is 0 Å². The third kappa shape index (κ3) is 12.1. The number of ether oxygens (including phenoxy) is 3. The minimum Gasteiger partial charge on any atom is -0.461 e. The van der Waals surface area contributed by atoms with Crippen molar-refractivity contribution in [2.24, 2.45) is 11.8 Å². The predicted octanol–water partition coefficient (Wildman–Crippen LogP) is 5.46. The normalized spacial score (nSPS) is 29.0. The van der Waals surface area contributed by atoms with E-state index in [0.717, 1.165) is 58.0 Å². The Bertz CT molecular complexity index is 658. The van der Waals surface area contributed by atoms with E-state index >= 15 is 0 Å². The molecule has 0 bridgehead atoms. The lowest BCUT2D eigenvalue weighted by molar-refractivity contribution is -0.192. The number of allylic oxidation sites excluding steroid dienone is 2. The number of hydrogen-bond acceptors (Lipinski definition) is 6. The summed E-state index contributed by atoms with van der Waals surface area (Å²) in [7, 11) is 0. The van der Waals surface area contributed by atoms with Gasteiger partial charge in [-0.3, -0.25) is 4.79 Å².